The molecule has 0 radical (unpaired) electrons. The monoisotopic (exact) mass is 446 g/mol. The van der Waals surface area contributed by atoms with Crippen LogP contribution in [0.1, 0.15) is 32.6 Å². The van der Waals surface area contributed by atoms with Crippen LogP contribution in [0.15, 0.2) is 33.7 Å². The summed E-state index contributed by atoms with van der Waals surface area (Å²) < 4.78 is 11.3. The van der Waals surface area contributed by atoms with E-state index in [-0.39, 0.29) is 41.4 Å². The number of aliphatic imine (C=N–C) groups is 1. The molecule has 2 aromatic carbocycles. The van der Waals surface area contributed by atoms with Gasteiger partial charge in [-0.3, -0.25) is 9.79 Å². The highest BCUT2D eigenvalue weighted by Gasteiger charge is 2.25. The van der Waals surface area contributed by atoms with Crippen LogP contribution in [0.3, 0.4) is 0 Å². The minimum absolute atomic E-state index is 0. The molecule has 0 saturated heterocycles. The van der Waals surface area contributed by atoms with Crippen LogP contribution in [-0.4, -0.2) is 37.0 Å². The van der Waals surface area contributed by atoms with Crippen molar-refractivity contribution >= 4 is 41.0 Å². The van der Waals surface area contributed by atoms with Gasteiger partial charge in [0, 0.05) is 17.5 Å². The molecule has 0 unspecified atom stereocenters. The maximum atomic E-state index is 13.5. The first-order valence-electron chi connectivity index (χ1n) is 9.48. The van der Waals surface area contributed by atoms with Crippen molar-refractivity contribution in [2.24, 2.45) is 16.5 Å². The normalized spacial score (nSPS) is 10.5. The minimum Gasteiger partial charge on any atom is -0.504 e. The summed E-state index contributed by atoms with van der Waals surface area (Å²) in [4.78, 5) is 17.4. The van der Waals surface area contributed by atoms with Crippen LogP contribution in [-0.2, 0) is 0 Å². The van der Waals surface area contributed by atoms with Crippen LogP contribution in [0, 0.1) is 20.8 Å². The fourth-order valence-electron chi connectivity index (χ4n) is 3.26. The zero-order valence-electron chi connectivity index (χ0n) is 17.9. The first kappa shape index (κ1) is 23.9. The lowest BCUT2D eigenvalue weighted by atomic mass is 9.97. The number of ketones is 1. The van der Waals surface area contributed by atoms with Gasteiger partial charge in [-0.2, -0.15) is 0 Å². The molecule has 8 nitrogen and oxygen atoms in total. The zero-order chi connectivity index (χ0) is 22.0. The van der Waals surface area contributed by atoms with Gasteiger partial charge in [0.25, 0.3) is 0 Å². The van der Waals surface area contributed by atoms with Crippen LogP contribution in [0.2, 0.25) is 0 Å². The Kier molecular flexibility index (Phi) is 7.41. The fraction of sp³-hybridized carbons (Fsp3) is 0.273. The third-order valence-corrected chi connectivity index (χ3v) is 5.05. The molecule has 0 aliphatic heterocycles. The zero-order valence-corrected chi connectivity index (χ0v) is 18.7. The number of fused-ring (bicyclic) bond motifs is 1. The number of carbonyl (C=O) groups is 1. The summed E-state index contributed by atoms with van der Waals surface area (Å²) in [7, 11) is 1.57. The number of aryl methyl sites for hydroxylation is 2. The number of phenolic OH excluding ortho intramolecular Hbond substituents is 1. The smallest absolute Gasteiger partial charge is 0.205 e. The number of carbonyl (C=O) groups excluding carboxylic acids is 1. The Labute approximate surface area is 186 Å². The molecule has 0 saturated carbocycles. The van der Waals surface area contributed by atoms with Gasteiger partial charge in [-0.15, -0.1) is 12.4 Å². The van der Waals surface area contributed by atoms with Crippen molar-refractivity contribution < 1.29 is 19.1 Å². The lowest BCUT2D eigenvalue weighted by Gasteiger charge is -2.11. The lowest BCUT2D eigenvalue weighted by molar-refractivity contribution is 0.104. The number of methoxy groups -OCH3 is 1. The second-order valence-electron chi connectivity index (χ2n) is 7.10. The van der Waals surface area contributed by atoms with E-state index >= 15 is 0 Å². The Morgan fingerprint density at radius 2 is 1.90 bits per heavy atom. The summed E-state index contributed by atoms with van der Waals surface area (Å²) in [6, 6.07) is 7.03. The molecule has 0 fully saturated rings. The van der Waals surface area contributed by atoms with Crippen molar-refractivity contribution in [1.29, 1.82) is 0 Å². The van der Waals surface area contributed by atoms with E-state index in [1.807, 2.05) is 19.9 Å². The SMILES string of the molecule is COc1cc(C(=O)c2c(NCCN=C(N)N)oc3c(O)c(C)ccc23)cc(C)c1C.Cl. The van der Waals surface area contributed by atoms with Crippen molar-refractivity contribution in [2.45, 2.75) is 20.8 Å². The Hall–Kier alpha value is -3.39. The largest absolute Gasteiger partial charge is 0.504 e. The summed E-state index contributed by atoms with van der Waals surface area (Å²) in [6.45, 7) is 6.27. The average Bonchev–Trinajstić information content (AvgIpc) is 3.08. The first-order chi connectivity index (χ1) is 14.2. The van der Waals surface area contributed by atoms with E-state index < -0.39 is 0 Å². The number of benzene rings is 2. The maximum absolute atomic E-state index is 13.5. The van der Waals surface area contributed by atoms with Gasteiger partial charge in [0.2, 0.25) is 5.88 Å². The third-order valence-electron chi connectivity index (χ3n) is 5.05. The summed E-state index contributed by atoms with van der Waals surface area (Å²) in [5.41, 5.74) is 14.3. The second-order valence-corrected chi connectivity index (χ2v) is 7.10. The summed E-state index contributed by atoms with van der Waals surface area (Å²) in [5, 5.41) is 14.0. The van der Waals surface area contributed by atoms with Crippen LogP contribution < -0.4 is 21.5 Å². The Bertz CT molecular complexity index is 1150. The van der Waals surface area contributed by atoms with Crippen molar-refractivity contribution in [3.05, 3.63) is 52.1 Å². The number of phenols is 1. The summed E-state index contributed by atoms with van der Waals surface area (Å²) in [6.07, 6.45) is 0. The molecule has 0 aliphatic carbocycles. The summed E-state index contributed by atoms with van der Waals surface area (Å²) in [5.74, 6) is 0.610. The number of hydrogen-bond acceptors (Lipinski definition) is 6. The van der Waals surface area contributed by atoms with Crippen molar-refractivity contribution in [3.8, 4) is 11.5 Å². The number of anilines is 1. The van der Waals surface area contributed by atoms with Gasteiger partial charge >= 0.3 is 0 Å². The molecule has 31 heavy (non-hydrogen) atoms. The van der Waals surface area contributed by atoms with Gasteiger partial charge in [-0.05, 0) is 55.7 Å². The van der Waals surface area contributed by atoms with Crippen molar-refractivity contribution in [3.63, 3.8) is 0 Å². The van der Waals surface area contributed by atoms with Crippen LogP contribution in [0.5, 0.6) is 11.5 Å². The number of ether oxygens (including phenoxy) is 1. The third kappa shape index (κ3) is 4.69. The highest BCUT2D eigenvalue weighted by molar-refractivity contribution is 6.20. The van der Waals surface area contributed by atoms with E-state index in [9.17, 15) is 9.90 Å². The van der Waals surface area contributed by atoms with E-state index in [0.717, 1.165) is 11.1 Å². The molecular formula is C22H27ClN4O4. The molecule has 0 spiro atoms. The van der Waals surface area contributed by atoms with Crippen LogP contribution >= 0.6 is 12.4 Å². The molecule has 1 aromatic heterocycles. The number of furan rings is 1. The van der Waals surface area contributed by atoms with Gasteiger partial charge in [0.1, 0.15) is 5.75 Å². The topological polar surface area (TPSA) is 136 Å². The van der Waals surface area contributed by atoms with E-state index in [0.29, 0.717) is 40.9 Å². The predicted octanol–water partition coefficient (Wildman–Crippen LogP) is 3.41. The van der Waals surface area contributed by atoms with Crippen molar-refractivity contribution in [2.75, 3.05) is 25.5 Å². The standard InChI is InChI=1S/C22H26N4O4.ClH/c1-11-5-6-15-17(19(28)14-9-12(2)13(3)16(10-14)29-4)21(30-20(15)18(11)27)25-7-8-26-22(23)24;/h5-6,9-10,25,27H,7-8H2,1-4H3,(H4,23,24,26);1H. The van der Waals surface area contributed by atoms with Gasteiger partial charge in [0.05, 0.1) is 19.2 Å². The average molecular weight is 447 g/mol. The van der Waals surface area contributed by atoms with Crippen molar-refractivity contribution in [1.82, 2.24) is 0 Å². The quantitative estimate of drug-likeness (QED) is 0.189. The molecule has 1 heterocycles. The van der Waals surface area contributed by atoms with E-state index in [2.05, 4.69) is 10.3 Å². The van der Waals surface area contributed by atoms with Gasteiger partial charge < -0.3 is 31.0 Å². The molecule has 0 aliphatic rings. The number of guanidine groups is 1. The molecule has 3 aromatic rings. The Morgan fingerprint density at radius 1 is 1.19 bits per heavy atom. The molecule has 6 N–H and O–H groups in total. The number of nitrogens with one attached hydrogen (secondary N) is 1. The predicted molar refractivity (Wildman–Crippen MR) is 125 cm³/mol. The molecule has 166 valence electrons. The van der Waals surface area contributed by atoms with E-state index in [1.54, 1.807) is 32.2 Å². The molecule has 0 bridgehead atoms. The second kappa shape index (κ2) is 9.61. The molecule has 9 heteroatoms. The van der Waals surface area contributed by atoms with Gasteiger partial charge in [-0.25, -0.2) is 0 Å². The minimum atomic E-state index is -0.247. The highest BCUT2D eigenvalue weighted by Crippen LogP contribution is 2.38. The molecular weight excluding hydrogens is 420 g/mol. The van der Waals surface area contributed by atoms with Gasteiger partial charge in [-0.1, -0.05) is 6.07 Å². The number of nitrogens with zero attached hydrogens (tertiary/aromatic N) is 1. The number of halogens is 1. The number of aromatic hydroxyl groups is 1. The number of nitrogens with two attached hydrogens (primary N) is 2. The number of hydrogen-bond donors (Lipinski definition) is 4. The Balaban J connectivity index is 0.00000341. The van der Waals surface area contributed by atoms with E-state index in [4.69, 9.17) is 20.6 Å². The van der Waals surface area contributed by atoms with Crippen LogP contribution in [0.4, 0.5) is 5.88 Å². The first-order valence-corrected chi connectivity index (χ1v) is 9.48. The summed E-state index contributed by atoms with van der Waals surface area (Å²) >= 11 is 0. The molecule has 0 amide bonds. The highest BCUT2D eigenvalue weighted by atomic mass is 35.5. The van der Waals surface area contributed by atoms with Crippen LogP contribution in [0.25, 0.3) is 11.0 Å². The maximum Gasteiger partial charge on any atom is 0.205 e. The molecule has 0 atom stereocenters. The lowest BCUT2D eigenvalue weighted by Crippen LogP contribution is -2.24. The fourth-order valence-corrected chi connectivity index (χ4v) is 3.26. The molecule has 3 rings (SSSR count). The Morgan fingerprint density at radius 3 is 2.55 bits per heavy atom. The van der Waals surface area contributed by atoms with E-state index in [1.165, 1.54) is 0 Å². The number of rotatable bonds is 7. The van der Waals surface area contributed by atoms with Gasteiger partial charge in [0.15, 0.2) is 23.1 Å².